The summed E-state index contributed by atoms with van der Waals surface area (Å²) in [7, 11) is 0. The van der Waals surface area contributed by atoms with Crippen LogP contribution in [0, 0.1) is 0 Å². The smallest absolute Gasteiger partial charge is 0.0786 e. The molecule has 0 radical (unpaired) electrons. The second kappa shape index (κ2) is 0.601. The molecular weight excluding hydrogens is 64.0 g/mol. The van der Waals surface area contributed by atoms with Crippen LogP contribution in [0.1, 0.15) is 6.42 Å². The van der Waals surface area contributed by atoms with Crippen LogP contribution in [0.15, 0.2) is 12.2 Å². The van der Waals surface area contributed by atoms with Crippen molar-refractivity contribution in [3.05, 3.63) is 12.2 Å². The third-order valence-corrected chi connectivity index (χ3v) is 0.767. The van der Waals surface area contributed by atoms with Crippen LogP contribution in [-0.4, -0.2) is 11.2 Å². The Kier molecular flexibility index (Phi) is 0.350. The molecule has 1 fully saturated rings. The van der Waals surface area contributed by atoms with Gasteiger partial charge in [0, 0.05) is 6.42 Å². The molecule has 0 aliphatic heterocycles. The van der Waals surface area contributed by atoms with Crippen molar-refractivity contribution in [2.24, 2.45) is 0 Å². The van der Waals surface area contributed by atoms with Crippen LogP contribution < -0.4 is 0 Å². The Morgan fingerprint density at radius 3 is 2.20 bits per heavy atom. The lowest BCUT2D eigenvalue weighted by Crippen LogP contribution is -1.68. The summed E-state index contributed by atoms with van der Waals surface area (Å²) < 4.78 is 0. The van der Waals surface area contributed by atoms with Gasteiger partial charge in [-0.25, -0.2) is 0 Å². The fraction of sp³-hybridized carbons (Fsp3) is 0.500. The fourth-order valence-corrected chi connectivity index (χ4v) is 0.189. The summed E-state index contributed by atoms with van der Waals surface area (Å²) in [5.74, 6) is 0. The lowest BCUT2D eigenvalue weighted by atomic mass is 10.7. The van der Waals surface area contributed by atoms with E-state index in [-0.39, 0.29) is 6.10 Å². The predicted molar refractivity (Wildman–Crippen MR) is 19.8 cm³/mol. The van der Waals surface area contributed by atoms with Gasteiger partial charge in [-0.2, -0.15) is 0 Å². The van der Waals surface area contributed by atoms with Crippen LogP contribution in [0.5, 0.6) is 0 Å². The van der Waals surface area contributed by atoms with Crippen molar-refractivity contribution in [3.8, 4) is 0 Å². The van der Waals surface area contributed by atoms with Crippen molar-refractivity contribution < 1.29 is 5.11 Å². The van der Waals surface area contributed by atoms with Crippen molar-refractivity contribution in [1.82, 2.24) is 0 Å². The lowest BCUT2D eigenvalue weighted by molar-refractivity contribution is 0.291. The van der Waals surface area contributed by atoms with E-state index in [0.29, 0.717) is 0 Å². The normalized spacial score (nSPS) is 34.6. The first kappa shape index (κ1) is 2.91. The van der Waals surface area contributed by atoms with Crippen LogP contribution in [-0.2, 0) is 0 Å². The molecular formula is C4H6O. The van der Waals surface area contributed by atoms with E-state index in [2.05, 4.69) is 6.58 Å². The average molecular weight is 70.1 g/mol. The molecule has 1 aliphatic rings. The van der Waals surface area contributed by atoms with Gasteiger partial charge in [0.15, 0.2) is 0 Å². The van der Waals surface area contributed by atoms with Crippen LogP contribution in [0.4, 0.5) is 0 Å². The van der Waals surface area contributed by atoms with Gasteiger partial charge in [-0.05, 0) is 5.57 Å². The zero-order valence-electron chi connectivity index (χ0n) is 2.94. The summed E-state index contributed by atoms with van der Waals surface area (Å²) in [5, 5.41) is 8.34. The lowest BCUT2D eigenvalue weighted by Gasteiger charge is -1.60. The molecule has 0 saturated heterocycles. The van der Waals surface area contributed by atoms with Gasteiger partial charge in [0.1, 0.15) is 0 Å². The van der Waals surface area contributed by atoms with Crippen LogP contribution in [0.3, 0.4) is 0 Å². The van der Waals surface area contributed by atoms with E-state index in [1.807, 2.05) is 0 Å². The van der Waals surface area contributed by atoms with Gasteiger partial charge in [0.25, 0.3) is 0 Å². The zero-order chi connectivity index (χ0) is 3.86. The highest BCUT2D eigenvalue weighted by atomic mass is 16.3. The van der Waals surface area contributed by atoms with Crippen molar-refractivity contribution >= 4 is 0 Å². The summed E-state index contributed by atoms with van der Waals surface area (Å²) in [6, 6.07) is 0. The van der Waals surface area contributed by atoms with E-state index in [0.717, 1.165) is 12.0 Å². The van der Waals surface area contributed by atoms with E-state index in [1.165, 1.54) is 0 Å². The second-order valence-corrected chi connectivity index (χ2v) is 1.38. The van der Waals surface area contributed by atoms with Gasteiger partial charge in [-0.1, -0.05) is 6.58 Å². The minimum Gasteiger partial charge on any atom is -0.388 e. The maximum absolute atomic E-state index is 8.34. The molecule has 5 heavy (non-hydrogen) atoms. The Bertz CT molecular complexity index is 66.0. The Balaban J connectivity index is 2.47. The maximum atomic E-state index is 8.34. The Hall–Kier alpha value is -0.300. The molecule has 0 aromatic carbocycles. The first-order valence-electron chi connectivity index (χ1n) is 1.66. The molecule has 28 valence electrons. The van der Waals surface area contributed by atoms with E-state index >= 15 is 0 Å². The average Bonchev–Trinajstić information content (AvgIpc) is 1.79. The molecule has 0 unspecified atom stereocenters. The van der Waals surface area contributed by atoms with Crippen LogP contribution in [0.25, 0.3) is 0 Å². The molecule has 1 aliphatic carbocycles. The Morgan fingerprint density at radius 2 is 2.20 bits per heavy atom. The number of rotatable bonds is 0. The van der Waals surface area contributed by atoms with Gasteiger partial charge >= 0.3 is 0 Å². The molecule has 0 spiro atoms. The minimum absolute atomic E-state index is 0.144. The standard InChI is InChI=1S/C4H6O/c1-3-2-4(3)5/h4-5H,1-2H2/t4-/m0/s1. The molecule has 0 bridgehead atoms. The highest BCUT2D eigenvalue weighted by Crippen LogP contribution is 2.25. The Labute approximate surface area is 30.9 Å². The Morgan fingerprint density at radius 1 is 2.00 bits per heavy atom. The van der Waals surface area contributed by atoms with Gasteiger partial charge in [0.2, 0.25) is 0 Å². The highest BCUT2D eigenvalue weighted by Gasteiger charge is 2.22. The molecule has 0 aromatic heterocycles. The molecule has 1 rings (SSSR count). The van der Waals surface area contributed by atoms with E-state index < -0.39 is 0 Å². The largest absolute Gasteiger partial charge is 0.388 e. The third kappa shape index (κ3) is 0.329. The summed E-state index contributed by atoms with van der Waals surface area (Å²) in [6.45, 7) is 3.50. The zero-order valence-corrected chi connectivity index (χ0v) is 2.94. The molecule has 1 nitrogen and oxygen atoms in total. The van der Waals surface area contributed by atoms with Crippen molar-refractivity contribution in [1.29, 1.82) is 0 Å². The molecule has 1 heteroatoms. The molecule has 0 amide bonds. The topological polar surface area (TPSA) is 20.2 Å². The van der Waals surface area contributed by atoms with Crippen molar-refractivity contribution in [2.45, 2.75) is 12.5 Å². The first-order valence-corrected chi connectivity index (χ1v) is 1.66. The highest BCUT2D eigenvalue weighted by molar-refractivity contribution is 5.19. The third-order valence-electron chi connectivity index (χ3n) is 0.767. The number of aliphatic hydroxyl groups excluding tert-OH is 1. The SMILES string of the molecule is C=C1C[C@@H]1O. The van der Waals surface area contributed by atoms with Gasteiger partial charge in [-0.15, -0.1) is 0 Å². The summed E-state index contributed by atoms with van der Waals surface area (Å²) in [5.41, 5.74) is 0.977. The van der Waals surface area contributed by atoms with Gasteiger partial charge < -0.3 is 5.11 Å². The van der Waals surface area contributed by atoms with Crippen molar-refractivity contribution in [2.75, 3.05) is 0 Å². The van der Waals surface area contributed by atoms with E-state index in [1.54, 1.807) is 0 Å². The quantitative estimate of drug-likeness (QED) is 0.406. The second-order valence-electron chi connectivity index (χ2n) is 1.38. The molecule has 1 N–H and O–H groups in total. The summed E-state index contributed by atoms with van der Waals surface area (Å²) in [4.78, 5) is 0. The molecule has 1 atom stereocenters. The number of hydrogen-bond acceptors (Lipinski definition) is 1. The molecule has 1 saturated carbocycles. The van der Waals surface area contributed by atoms with Crippen LogP contribution >= 0.6 is 0 Å². The minimum atomic E-state index is -0.144. The molecule has 0 heterocycles. The predicted octanol–water partition coefficient (Wildman–Crippen LogP) is 0.307. The van der Waals surface area contributed by atoms with E-state index in [9.17, 15) is 0 Å². The van der Waals surface area contributed by atoms with Crippen molar-refractivity contribution in [3.63, 3.8) is 0 Å². The van der Waals surface area contributed by atoms with Crippen LogP contribution in [0.2, 0.25) is 0 Å². The number of hydrogen-bond donors (Lipinski definition) is 1. The first-order chi connectivity index (χ1) is 2.30. The monoisotopic (exact) mass is 70.0 g/mol. The van der Waals surface area contributed by atoms with Gasteiger partial charge in [-0.3, -0.25) is 0 Å². The summed E-state index contributed by atoms with van der Waals surface area (Å²) in [6.07, 6.45) is 0.690. The number of aliphatic hydroxyl groups is 1. The summed E-state index contributed by atoms with van der Waals surface area (Å²) >= 11 is 0. The van der Waals surface area contributed by atoms with E-state index in [4.69, 9.17) is 5.11 Å². The molecule has 0 aromatic rings. The van der Waals surface area contributed by atoms with Gasteiger partial charge in [0.05, 0.1) is 6.10 Å². The maximum Gasteiger partial charge on any atom is 0.0786 e. The fourth-order valence-electron chi connectivity index (χ4n) is 0.189.